The molecule has 0 amide bonds. The molecule has 2 rings (SSSR count). The third kappa shape index (κ3) is 4.81. The van der Waals surface area contributed by atoms with E-state index in [2.05, 4.69) is 23.8 Å². The van der Waals surface area contributed by atoms with Gasteiger partial charge < -0.3 is 14.7 Å². The molecular formula is C16H20ClNO2. The topological polar surface area (TPSA) is 32.7 Å². The largest absolute Gasteiger partial charge is 0.378 e. The van der Waals surface area contributed by atoms with Crippen LogP contribution in [-0.4, -0.2) is 42.4 Å². The fourth-order valence-electron chi connectivity index (χ4n) is 2.11. The van der Waals surface area contributed by atoms with Gasteiger partial charge in [-0.25, -0.2) is 0 Å². The number of halogens is 1. The second-order valence-electron chi connectivity index (χ2n) is 5.26. The molecule has 0 unspecified atom stereocenters. The minimum atomic E-state index is -0.837. The van der Waals surface area contributed by atoms with Crippen LogP contribution in [0.25, 0.3) is 0 Å². The minimum Gasteiger partial charge on any atom is -0.378 e. The van der Waals surface area contributed by atoms with E-state index in [0.717, 1.165) is 23.7 Å². The third-order valence-electron chi connectivity index (χ3n) is 3.49. The summed E-state index contributed by atoms with van der Waals surface area (Å²) in [5, 5.41) is 11.0. The van der Waals surface area contributed by atoms with Gasteiger partial charge in [0.05, 0.1) is 6.61 Å². The Kier molecular flexibility index (Phi) is 5.45. The quantitative estimate of drug-likeness (QED) is 0.686. The van der Waals surface area contributed by atoms with Crippen LogP contribution in [0, 0.1) is 11.8 Å². The van der Waals surface area contributed by atoms with Crippen molar-refractivity contribution in [1.29, 1.82) is 0 Å². The van der Waals surface area contributed by atoms with E-state index in [1.807, 2.05) is 24.3 Å². The summed E-state index contributed by atoms with van der Waals surface area (Å²) < 4.78 is 5.48. The van der Waals surface area contributed by atoms with Crippen molar-refractivity contribution in [1.82, 2.24) is 4.90 Å². The first-order valence-electron chi connectivity index (χ1n) is 6.81. The number of benzene rings is 1. The molecule has 0 radical (unpaired) electrons. The van der Waals surface area contributed by atoms with Crippen LogP contribution < -0.4 is 0 Å². The Labute approximate surface area is 125 Å². The van der Waals surface area contributed by atoms with Crippen molar-refractivity contribution in [3.8, 4) is 11.8 Å². The van der Waals surface area contributed by atoms with E-state index < -0.39 is 5.60 Å². The first-order chi connectivity index (χ1) is 9.57. The fourth-order valence-corrected chi connectivity index (χ4v) is 2.24. The molecule has 0 saturated carbocycles. The zero-order valence-electron chi connectivity index (χ0n) is 11.7. The van der Waals surface area contributed by atoms with Gasteiger partial charge in [-0.1, -0.05) is 35.6 Å². The van der Waals surface area contributed by atoms with Crippen LogP contribution >= 0.6 is 11.6 Å². The molecule has 20 heavy (non-hydrogen) atoms. The highest BCUT2D eigenvalue weighted by atomic mass is 35.5. The van der Waals surface area contributed by atoms with E-state index in [4.69, 9.17) is 16.3 Å². The van der Waals surface area contributed by atoms with Gasteiger partial charge in [-0.05, 0) is 24.7 Å². The van der Waals surface area contributed by atoms with Crippen molar-refractivity contribution in [2.24, 2.45) is 0 Å². The Balaban J connectivity index is 1.73. The van der Waals surface area contributed by atoms with Gasteiger partial charge in [-0.15, -0.1) is 0 Å². The first kappa shape index (κ1) is 15.3. The van der Waals surface area contributed by atoms with Crippen LogP contribution in [0.5, 0.6) is 0 Å². The normalized spacial score (nSPS) is 18.4. The number of nitrogens with zero attached hydrogens (tertiary/aromatic N) is 1. The fraction of sp³-hybridized carbons (Fsp3) is 0.500. The molecule has 1 saturated heterocycles. The Morgan fingerprint density at radius 3 is 2.60 bits per heavy atom. The highest BCUT2D eigenvalue weighted by Crippen LogP contribution is 2.20. The number of ether oxygens (including phenoxy) is 1. The maximum absolute atomic E-state index is 10.3. The predicted octanol–water partition coefficient (Wildman–Crippen LogP) is 2.32. The molecule has 1 fully saturated rings. The standard InChI is InChI=1S/C16H20ClNO2/c1-18-10-8-16(19,9-11-18)7-2-12-20-13-14-3-5-15(17)6-4-14/h3-6,19H,8-13H2,1H3. The molecule has 1 aliphatic heterocycles. The van der Waals surface area contributed by atoms with Crippen LogP contribution in [0.1, 0.15) is 18.4 Å². The van der Waals surface area contributed by atoms with Gasteiger partial charge in [-0.2, -0.15) is 0 Å². The second-order valence-corrected chi connectivity index (χ2v) is 5.69. The Hall–Kier alpha value is -1.05. The van der Waals surface area contributed by atoms with Crippen molar-refractivity contribution >= 4 is 11.6 Å². The number of hydrogen-bond acceptors (Lipinski definition) is 3. The summed E-state index contributed by atoms with van der Waals surface area (Å²) in [5.74, 6) is 5.87. The smallest absolute Gasteiger partial charge is 0.128 e. The SMILES string of the molecule is CN1CCC(O)(C#CCOCc2ccc(Cl)cc2)CC1. The molecule has 108 valence electrons. The van der Waals surface area contributed by atoms with Crippen molar-refractivity contribution in [2.75, 3.05) is 26.7 Å². The predicted molar refractivity (Wildman–Crippen MR) is 80.6 cm³/mol. The lowest BCUT2D eigenvalue weighted by atomic mass is 9.92. The molecule has 0 spiro atoms. The highest BCUT2D eigenvalue weighted by Gasteiger charge is 2.28. The summed E-state index contributed by atoms with van der Waals surface area (Å²) in [6.07, 6.45) is 1.40. The van der Waals surface area contributed by atoms with Gasteiger partial charge >= 0.3 is 0 Å². The molecule has 0 aromatic heterocycles. The van der Waals surface area contributed by atoms with Gasteiger partial charge in [0.2, 0.25) is 0 Å². The molecular weight excluding hydrogens is 274 g/mol. The van der Waals surface area contributed by atoms with Crippen LogP contribution in [0.3, 0.4) is 0 Å². The molecule has 4 heteroatoms. The molecule has 0 atom stereocenters. The van der Waals surface area contributed by atoms with Crippen LogP contribution in [-0.2, 0) is 11.3 Å². The number of likely N-dealkylation sites (tertiary alicyclic amines) is 1. The number of piperidine rings is 1. The molecule has 1 aliphatic rings. The van der Waals surface area contributed by atoms with E-state index in [-0.39, 0.29) is 0 Å². The minimum absolute atomic E-state index is 0.334. The highest BCUT2D eigenvalue weighted by molar-refractivity contribution is 6.30. The second kappa shape index (κ2) is 7.10. The summed E-state index contributed by atoms with van der Waals surface area (Å²) >= 11 is 5.81. The Morgan fingerprint density at radius 1 is 1.30 bits per heavy atom. The lowest BCUT2D eigenvalue weighted by molar-refractivity contribution is 0.0346. The van der Waals surface area contributed by atoms with Crippen molar-refractivity contribution in [2.45, 2.75) is 25.0 Å². The monoisotopic (exact) mass is 293 g/mol. The summed E-state index contributed by atoms with van der Waals surface area (Å²) in [6.45, 7) is 2.61. The van der Waals surface area contributed by atoms with E-state index in [0.29, 0.717) is 26.1 Å². The number of aliphatic hydroxyl groups is 1. The van der Waals surface area contributed by atoms with Crippen molar-refractivity contribution in [3.05, 3.63) is 34.9 Å². The average molecular weight is 294 g/mol. The lowest BCUT2D eigenvalue weighted by Crippen LogP contribution is -2.41. The van der Waals surface area contributed by atoms with Gasteiger partial charge in [0.15, 0.2) is 0 Å². The maximum atomic E-state index is 10.3. The molecule has 0 bridgehead atoms. The van der Waals surface area contributed by atoms with Gasteiger partial charge in [0.25, 0.3) is 0 Å². The summed E-state index contributed by atoms with van der Waals surface area (Å²) in [7, 11) is 2.06. The zero-order chi connectivity index (χ0) is 14.4. The van der Waals surface area contributed by atoms with Gasteiger partial charge in [0.1, 0.15) is 12.2 Å². The molecule has 0 aliphatic carbocycles. The van der Waals surface area contributed by atoms with Crippen molar-refractivity contribution < 1.29 is 9.84 Å². The van der Waals surface area contributed by atoms with E-state index >= 15 is 0 Å². The molecule has 3 nitrogen and oxygen atoms in total. The zero-order valence-corrected chi connectivity index (χ0v) is 12.5. The third-order valence-corrected chi connectivity index (χ3v) is 3.74. The van der Waals surface area contributed by atoms with E-state index in [1.54, 1.807) is 0 Å². The van der Waals surface area contributed by atoms with Gasteiger partial charge in [0, 0.05) is 31.0 Å². The summed E-state index contributed by atoms with van der Waals surface area (Å²) in [5.41, 5.74) is 0.227. The van der Waals surface area contributed by atoms with Crippen LogP contribution in [0.4, 0.5) is 0 Å². The maximum Gasteiger partial charge on any atom is 0.128 e. The molecule has 1 aromatic rings. The van der Waals surface area contributed by atoms with E-state index in [9.17, 15) is 5.11 Å². The summed E-state index contributed by atoms with van der Waals surface area (Å²) in [4.78, 5) is 2.20. The van der Waals surface area contributed by atoms with Crippen LogP contribution in [0.15, 0.2) is 24.3 Å². The number of hydrogen-bond donors (Lipinski definition) is 1. The average Bonchev–Trinajstić information content (AvgIpc) is 2.44. The molecule has 1 heterocycles. The number of rotatable bonds is 3. The van der Waals surface area contributed by atoms with Crippen molar-refractivity contribution in [3.63, 3.8) is 0 Å². The van der Waals surface area contributed by atoms with Gasteiger partial charge in [-0.3, -0.25) is 0 Å². The summed E-state index contributed by atoms with van der Waals surface area (Å²) in [6, 6.07) is 7.54. The first-order valence-corrected chi connectivity index (χ1v) is 7.18. The van der Waals surface area contributed by atoms with E-state index in [1.165, 1.54) is 0 Å². The lowest BCUT2D eigenvalue weighted by Gasteiger charge is -2.32. The molecule has 1 N–H and O–H groups in total. The molecule has 1 aromatic carbocycles. The van der Waals surface area contributed by atoms with Crippen LogP contribution in [0.2, 0.25) is 5.02 Å². The Bertz CT molecular complexity index is 481. The Morgan fingerprint density at radius 2 is 1.95 bits per heavy atom.